The molecule has 0 aromatic heterocycles. The lowest BCUT2D eigenvalue weighted by Gasteiger charge is -2.15. The van der Waals surface area contributed by atoms with Crippen molar-refractivity contribution in [1.29, 1.82) is 0 Å². The number of para-hydroxylation sites is 1. The fourth-order valence-electron chi connectivity index (χ4n) is 1.86. The van der Waals surface area contributed by atoms with Crippen LogP contribution < -0.4 is 15.2 Å². The van der Waals surface area contributed by atoms with E-state index in [2.05, 4.69) is 0 Å². The van der Waals surface area contributed by atoms with Gasteiger partial charge in [-0.2, -0.15) is 0 Å². The second-order valence-corrected chi connectivity index (χ2v) is 4.34. The van der Waals surface area contributed by atoms with Crippen LogP contribution in [0, 0.1) is 0 Å². The maximum atomic E-state index is 5.97. The highest BCUT2D eigenvalue weighted by atomic mass is 16.5. The summed E-state index contributed by atoms with van der Waals surface area (Å²) in [5.41, 5.74) is 6.93. The molecule has 0 aliphatic heterocycles. The molecular weight excluding hydrogens is 238 g/mol. The molecule has 0 aliphatic carbocycles. The second-order valence-electron chi connectivity index (χ2n) is 4.34. The first-order chi connectivity index (χ1) is 9.20. The summed E-state index contributed by atoms with van der Waals surface area (Å²) in [6.45, 7) is 4.52. The van der Waals surface area contributed by atoms with Crippen molar-refractivity contribution in [3.8, 4) is 17.2 Å². The van der Waals surface area contributed by atoms with Gasteiger partial charge in [0.1, 0.15) is 17.2 Å². The van der Waals surface area contributed by atoms with E-state index in [4.69, 9.17) is 15.2 Å². The molecule has 2 aromatic rings. The maximum absolute atomic E-state index is 5.97. The minimum Gasteiger partial charge on any atom is -0.494 e. The fourth-order valence-corrected chi connectivity index (χ4v) is 1.86. The third kappa shape index (κ3) is 3.48. The molecule has 3 nitrogen and oxygen atoms in total. The third-order valence-corrected chi connectivity index (χ3v) is 2.75. The molecule has 100 valence electrons. The quantitative estimate of drug-likeness (QED) is 0.883. The van der Waals surface area contributed by atoms with Crippen LogP contribution in [0.25, 0.3) is 0 Å². The van der Waals surface area contributed by atoms with Gasteiger partial charge in [-0.3, -0.25) is 0 Å². The van der Waals surface area contributed by atoms with Gasteiger partial charge in [-0.1, -0.05) is 18.2 Å². The van der Waals surface area contributed by atoms with Crippen LogP contribution in [0.4, 0.5) is 0 Å². The Bertz CT molecular complexity index is 524. The Morgan fingerprint density at radius 1 is 1.05 bits per heavy atom. The second kappa shape index (κ2) is 6.25. The van der Waals surface area contributed by atoms with E-state index in [0.29, 0.717) is 6.61 Å². The molecule has 3 heteroatoms. The van der Waals surface area contributed by atoms with E-state index < -0.39 is 0 Å². The van der Waals surface area contributed by atoms with E-state index >= 15 is 0 Å². The van der Waals surface area contributed by atoms with E-state index in [-0.39, 0.29) is 6.04 Å². The van der Waals surface area contributed by atoms with E-state index in [0.717, 1.165) is 22.8 Å². The predicted molar refractivity (Wildman–Crippen MR) is 76.7 cm³/mol. The molecule has 19 heavy (non-hydrogen) atoms. The molecule has 1 atom stereocenters. The zero-order valence-corrected chi connectivity index (χ0v) is 11.3. The lowest BCUT2D eigenvalue weighted by atomic mass is 10.1. The smallest absolute Gasteiger partial charge is 0.128 e. The normalized spacial score (nSPS) is 11.9. The van der Waals surface area contributed by atoms with Gasteiger partial charge in [-0.25, -0.2) is 0 Å². The molecule has 0 saturated carbocycles. The van der Waals surface area contributed by atoms with Crippen LogP contribution in [-0.2, 0) is 0 Å². The summed E-state index contributed by atoms with van der Waals surface area (Å²) in [6, 6.07) is 15.3. The molecule has 0 heterocycles. The molecule has 2 N–H and O–H groups in total. The van der Waals surface area contributed by atoms with Crippen LogP contribution in [-0.4, -0.2) is 6.61 Å². The summed E-state index contributed by atoms with van der Waals surface area (Å²) in [4.78, 5) is 0. The van der Waals surface area contributed by atoms with Crippen LogP contribution in [0.15, 0.2) is 48.5 Å². The third-order valence-electron chi connectivity index (χ3n) is 2.75. The Labute approximate surface area is 114 Å². The SMILES string of the molecule is CCOc1ccc(Oc2ccccc2)cc1C(C)N. The van der Waals surface area contributed by atoms with Gasteiger partial charge in [0, 0.05) is 11.6 Å². The first-order valence-electron chi connectivity index (χ1n) is 6.46. The molecule has 2 rings (SSSR count). The molecule has 1 unspecified atom stereocenters. The standard InChI is InChI=1S/C16H19NO2/c1-3-18-16-10-9-14(11-15(16)12(2)17)19-13-7-5-4-6-8-13/h4-12H,3,17H2,1-2H3. The van der Waals surface area contributed by atoms with Gasteiger partial charge >= 0.3 is 0 Å². The van der Waals surface area contributed by atoms with Crippen LogP contribution in [0.3, 0.4) is 0 Å². The van der Waals surface area contributed by atoms with Crippen LogP contribution in [0.1, 0.15) is 25.5 Å². The van der Waals surface area contributed by atoms with Gasteiger partial charge in [0.15, 0.2) is 0 Å². The first kappa shape index (κ1) is 13.4. The minimum absolute atomic E-state index is 0.0964. The minimum atomic E-state index is -0.0964. The highest BCUT2D eigenvalue weighted by Crippen LogP contribution is 2.30. The molecule has 0 bridgehead atoms. The van der Waals surface area contributed by atoms with Crippen molar-refractivity contribution in [2.75, 3.05) is 6.61 Å². The van der Waals surface area contributed by atoms with Crippen molar-refractivity contribution < 1.29 is 9.47 Å². The van der Waals surface area contributed by atoms with Gasteiger partial charge in [0.05, 0.1) is 6.61 Å². The van der Waals surface area contributed by atoms with Crippen LogP contribution in [0.2, 0.25) is 0 Å². The zero-order chi connectivity index (χ0) is 13.7. The topological polar surface area (TPSA) is 44.5 Å². The van der Waals surface area contributed by atoms with E-state index in [1.165, 1.54) is 0 Å². The summed E-state index contributed by atoms with van der Waals surface area (Å²) >= 11 is 0. The summed E-state index contributed by atoms with van der Waals surface area (Å²) in [6.07, 6.45) is 0. The molecular formula is C16H19NO2. The Kier molecular flexibility index (Phi) is 4.42. The van der Waals surface area contributed by atoms with Gasteiger partial charge in [-0.05, 0) is 44.2 Å². The van der Waals surface area contributed by atoms with Crippen LogP contribution in [0.5, 0.6) is 17.2 Å². The highest BCUT2D eigenvalue weighted by molar-refractivity contribution is 5.43. The Morgan fingerprint density at radius 2 is 1.79 bits per heavy atom. The predicted octanol–water partition coefficient (Wildman–Crippen LogP) is 3.90. The Hall–Kier alpha value is -2.00. The average molecular weight is 257 g/mol. The molecule has 0 amide bonds. The van der Waals surface area contributed by atoms with Gasteiger partial charge in [0.2, 0.25) is 0 Å². The number of rotatable bonds is 5. The number of hydrogen-bond acceptors (Lipinski definition) is 3. The first-order valence-corrected chi connectivity index (χ1v) is 6.46. The van der Waals surface area contributed by atoms with Crippen molar-refractivity contribution in [3.05, 3.63) is 54.1 Å². The van der Waals surface area contributed by atoms with Crippen LogP contribution >= 0.6 is 0 Å². The maximum Gasteiger partial charge on any atom is 0.128 e. The average Bonchev–Trinajstić information content (AvgIpc) is 2.42. The number of hydrogen-bond donors (Lipinski definition) is 1. The van der Waals surface area contributed by atoms with Crippen molar-refractivity contribution in [1.82, 2.24) is 0 Å². The van der Waals surface area contributed by atoms with Crippen molar-refractivity contribution >= 4 is 0 Å². The lowest BCUT2D eigenvalue weighted by molar-refractivity contribution is 0.334. The van der Waals surface area contributed by atoms with E-state index in [9.17, 15) is 0 Å². The summed E-state index contributed by atoms with van der Waals surface area (Å²) in [5, 5.41) is 0. The Balaban J connectivity index is 2.25. The number of nitrogens with two attached hydrogens (primary N) is 1. The van der Waals surface area contributed by atoms with Gasteiger partial charge < -0.3 is 15.2 Å². The fraction of sp³-hybridized carbons (Fsp3) is 0.250. The summed E-state index contributed by atoms with van der Waals surface area (Å²) < 4.78 is 11.4. The largest absolute Gasteiger partial charge is 0.494 e. The van der Waals surface area contributed by atoms with E-state index in [1.807, 2.05) is 62.4 Å². The lowest BCUT2D eigenvalue weighted by Crippen LogP contribution is -2.08. The molecule has 0 fully saturated rings. The highest BCUT2D eigenvalue weighted by Gasteiger charge is 2.10. The number of ether oxygens (including phenoxy) is 2. The monoisotopic (exact) mass is 257 g/mol. The van der Waals surface area contributed by atoms with Gasteiger partial charge in [0.25, 0.3) is 0 Å². The summed E-state index contributed by atoms with van der Waals surface area (Å²) in [7, 11) is 0. The van der Waals surface area contributed by atoms with Crippen molar-refractivity contribution in [2.45, 2.75) is 19.9 Å². The van der Waals surface area contributed by atoms with Gasteiger partial charge in [-0.15, -0.1) is 0 Å². The molecule has 0 spiro atoms. The number of benzene rings is 2. The molecule has 0 saturated heterocycles. The zero-order valence-electron chi connectivity index (χ0n) is 11.3. The molecule has 0 radical (unpaired) electrons. The van der Waals surface area contributed by atoms with E-state index in [1.54, 1.807) is 0 Å². The van der Waals surface area contributed by atoms with Crippen molar-refractivity contribution in [3.63, 3.8) is 0 Å². The Morgan fingerprint density at radius 3 is 2.42 bits per heavy atom. The summed E-state index contributed by atoms with van der Waals surface area (Å²) in [5.74, 6) is 2.39. The molecule has 0 aliphatic rings. The molecule has 2 aromatic carbocycles. The van der Waals surface area contributed by atoms with Crippen molar-refractivity contribution in [2.24, 2.45) is 5.73 Å².